The third-order valence-electron chi connectivity index (χ3n) is 22.8. The molecule has 0 aromatic heterocycles. The average Bonchev–Trinajstić information content (AvgIpc) is 0.730. The summed E-state index contributed by atoms with van der Waals surface area (Å²) < 4.78 is 60.7. The molecule has 29 unspecified atom stereocenters. The second-order valence-electron chi connectivity index (χ2n) is 28.4. The van der Waals surface area contributed by atoms with Crippen LogP contribution in [0.15, 0.2) is 42.0 Å². The maximum absolute atomic E-state index is 16.1. The number of carboxylic acid groups (broad SMARTS) is 1. The van der Waals surface area contributed by atoms with E-state index < -0.39 is 223 Å². The van der Waals surface area contributed by atoms with Crippen molar-refractivity contribution in [1.82, 2.24) is 0 Å². The first-order chi connectivity index (χ1) is 42.3. The molecule has 14 N–H and O–H groups in total. The summed E-state index contributed by atoms with van der Waals surface area (Å²) in [4.78, 5) is 43.9. The van der Waals surface area contributed by atoms with Crippen molar-refractivity contribution in [2.45, 2.75) is 228 Å². The number of hydrogen-bond donors (Lipinski definition) is 14. The molecule has 4 saturated carbocycles. The van der Waals surface area contributed by atoms with E-state index in [1.807, 2.05) is 33.8 Å². The van der Waals surface area contributed by atoms with Crippen molar-refractivity contribution in [2.75, 3.05) is 33.5 Å². The van der Waals surface area contributed by atoms with Gasteiger partial charge in [-0.2, -0.15) is 0 Å². The Morgan fingerprint density at radius 1 is 0.678 bits per heavy atom. The summed E-state index contributed by atoms with van der Waals surface area (Å²) in [6.45, 7) is 9.34. The molecule has 0 spiro atoms. The number of methoxy groups -OCH3 is 1. The third kappa shape index (κ3) is 11.3. The Balaban J connectivity index is 1.00. The van der Waals surface area contributed by atoms with Crippen LogP contribution in [0.3, 0.4) is 0 Å². The van der Waals surface area contributed by atoms with Crippen molar-refractivity contribution in [3.63, 3.8) is 0 Å². The Hall–Kier alpha value is -3.89. The minimum atomic E-state index is -2.25. The molecule has 0 radical (unpaired) electrons. The predicted molar refractivity (Wildman–Crippen MR) is 306 cm³/mol. The van der Waals surface area contributed by atoms with Gasteiger partial charge in [0.1, 0.15) is 77.8 Å². The van der Waals surface area contributed by atoms with Crippen LogP contribution in [0.5, 0.6) is 5.75 Å². The molecule has 1 aromatic carbocycles. The Bertz CT molecular complexity index is 2820. The molecule has 4 aliphatic heterocycles. The van der Waals surface area contributed by atoms with Gasteiger partial charge in [0.25, 0.3) is 0 Å². The highest BCUT2D eigenvalue weighted by Gasteiger charge is 2.75. The van der Waals surface area contributed by atoms with Crippen molar-refractivity contribution in [3.05, 3.63) is 47.6 Å². The highest BCUT2D eigenvalue weighted by atomic mass is 16.8. The average molecular weight is 1280 g/mol. The van der Waals surface area contributed by atoms with E-state index in [9.17, 15) is 81.1 Å². The number of aliphatic hydroxyl groups excluding tert-OH is 12. The number of aliphatic hydroxyl groups is 13. The van der Waals surface area contributed by atoms with E-state index >= 15 is 4.79 Å². The van der Waals surface area contributed by atoms with Crippen LogP contribution in [-0.4, -0.2) is 251 Å². The second-order valence-corrected chi connectivity index (χ2v) is 28.4. The van der Waals surface area contributed by atoms with Crippen molar-refractivity contribution in [3.8, 4) is 5.75 Å². The number of aliphatic carboxylic acids is 1. The number of carbonyl (C=O) groups is 3. The lowest BCUT2D eigenvalue weighted by Gasteiger charge is -2.71. The molecule has 506 valence electrons. The van der Waals surface area contributed by atoms with Crippen LogP contribution in [0.2, 0.25) is 0 Å². The van der Waals surface area contributed by atoms with Gasteiger partial charge >= 0.3 is 17.9 Å². The molecule has 5 aliphatic carbocycles. The van der Waals surface area contributed by atoms with E-state index in [1.54, 1.807) is 24.3 Å². The van der Waals surface area contributed by atoms with Gasteiger partial charge in [0.15, 0.2) is 31.1 Å². The zero-order chi connectivity index (χ0) is 65.7. The second kappa shape index (κ2) is 25.4. The van der Waals surface area contributed by atoms with Gasteiger partial charge in [-0.05, 0) is 130 Å². The molecule has 27 heteroatoms. The fraction of sp³-hybridized carbons (Fsp3) is 0.794. The van der Waals surface area contributed by atoms with Crippen molar-refractivity contribution in [1.29, 1.82) is 0 Å². The third-order valence-corrected chi connectivity index (χ3v) is 22.8. The summed E-state index contributed by atoms with van der Waals surface area (Å²) in [6, 6.07) is 6.70. The maximum Gasteiger partial charge on any atom is 0.331 e. The number of rotatable bonds is 16. The van der Waals surface area contributed by atoms with Gasteiger partial charge in [-0.25, -0.2) is 4.79 Å². The van der Waals surface area contributed by atoms with Gasteiger partial charge in [-0.1, -0.05) is 51.5 Å². The smallest absolute Gasteiger partial charge is 0.331 e. The van der Waals surface area contributed by atoms with Crippen LogP contribution < -0.4 is 4.74 Å². The zero-order valence-electron chi connectivity index (χ0n) is 51.9. The van der Waals surface area contributed by atoms with Crippen LogP contribution in [0.25, 0.3) is 6.08 Å². The van der Waals surface area contributed by atoms with Crippen LogP contribution in [0.1, 0.15) is 105 Å². The SMILES string of the molecule is COc1ccc(C=CC(=O)OC2C(C)OC(OC(=O)C34CCC5(CO)C(=CCC6C7(C)CC(O)C(OC8OC(CO)C(O)C(O)C8O)C(C)(C(=O)O)C7CCC65C)C3CC(C)(C)CC4O)C(OC3OC(C)C(O)C(O)C3O)C2OC2OCC(O)(CO)C2O)cc1. The molecule has 90 heavy (non-hydrogen) atoms. The van der Waals surface area contributed by atoms with Gasteiger partial charge in [-0.3, -0.25) is 9.59 Å². The molecule has 4 heterocycles. The van der Waals surface area contributed by atoms with Crippen LogP contribution in [0.4, 0.5) is 0 Å². The maximum atomic E-state index is 16.1. The summed E-state index contributed by atoms with van der Waals surface area (Å²) in [5, 5.41) is 157. The number of carboxylic acids is 1. The lowest BCUT2D eigenvalue weighted by molar-refractivity contribution is -0.372. The predicted octanol–water partition coefficient (Wildman–Crippen LogP) is -1.09. The van der Waals surface area contributed by atoms with E-state index in [-0.39, 0.29) is 44.9 Å². The molecule has 27 nitrogen and oxygen atoms in total. The summed E-state index contributed by atoms with van der Waals surface area (Å²) in [6.07, 6.45) is -28.2. The molecular weight excluding hydrogens is 1190 g/mol. The van der Waals surface area contributed by atoms with E-state index in [1.165, 1.54) is 34.0 Å². The standard InChI is InChI=1S/C63H92O27/c1-28-40(70)42(72)44(74)51(83-28)88-48-47(87-54-49(76)62(80,26-66)27-82-54)46(86-39(69)16-11-30-9-12-31(81-8)13-10-30)29(2)84-53(48)90-56(79)63-20-19-61(25-65)32(33(63)21-57(3,4)23-38(63)68)14-15-36-58(5)22-34(67)50(60(7,55(77)78)37(58)17-18-59(36,61)6)89-52-45(75)43(73)41(71)35(24-64)85-52/h9-14,16,28-29,33-38,40-54,64-68,70-76,80H,15,17-27H2,1-8H3,(H,77,78). The van der Waals surface area contributed by atoms with E-state index in [0.29, 0.717) is 23.3 Å². The number of esters is 2. The Morgan fingerprint density at radius 3 is 1.94 bits per heavy atom. The quantitative estimate of drug-likeness (QED) is 0.0405. The molecule has 9 aliphatic rings. The fourth-order valence-electron chi connectivity index (χ4n) is 17.7. The number of ether oxygens (including phenoxy) is 10. The Labute approximate surface area is 521 Å². The monoisotopic (exact) mass is 1280 g/mol. The highest BCUT2D eigenvalue weighted by molar-refractivity contribution is 5.87. The number of carbonyl (C=O) groups excluding carboxylic acids is 2. The van der Waals surface area contributed by atoms with Gasteiger partial charge in [0, 0.05) is 11.5 Å². The molecule has 10 rings (SSSR count). The molecule has 4 saturated heterocycles. The van der Waals surface area contributed by atoms with Gasteiger partial charge in [0.05, 0.1) is 63.4 Å². The van der Waals surface area contributed by atoms with Crippen molar-refractivity contribution >= 4 is 24.0 Å². The fourth-order valence-corrected chi connectivity index (χ4v) is 17.7. The lowest BCUT2D eigenvalue weighted by Crippen LogP contribution is -2.71. The van der Waals surface area contributed by atoms with E-state index in [2.05, 4.69) is 0 Å². The summed E-state index contributed by atoms with van der Waals surface area (Å²) in [5.74, 6) is -4.74. The lowest BCUT2D eigenvalue weighted by atomic mass is 9.33. The Morgan fingerprint density at radius 2 is 1.32 bits per heavy atom. The zero-order valence-corrected chi connectivity index (χ0v) is 51.9. The first kappa shape index (κ1) is 69.0. The van der Waals surface area contributed by atoms with Crippen LogP contribution in [-0.2, 0) is 57.0 Å². The van der Waals surface area contributed by atoms with Crippen molar-refractivity contribution < 1.29 is 133 Å². The molecule has 29 atom stereocenters. The van der Waals surface area contributed by atoms with E-state index in [0.717, 1.165) is 6.08 Å². The minimum Gasteiger partial charge on any atom is -0.497 e. The van der Waals surface area contributed by atoms with Crippen LogP contribution in [0, 0.1) is 50.2 Å². The summed E-state index contributed by atoms with van der Waals surface area (Å²) in [5.41, 5.74) is -8.34. The Kier molecular flexibility index (Phi) is 19.4. The minimum absolute atomic E-state index is 0.0251. The van der Waals surface area contributed by atoms with Gasteiger partial charge in [0.2, 0.25) is 6.29 Å². The number of fused-ring (bicyclic) bond motifs is 7. The molecule has 8 fully saturated rings. The van der Waals surface area contributed by atoms with Crippen LogP contribution >= 0.6 is 0 Å². The number of allylic oxidation sites excluding steroid dienone is 1. The van der Waals surface area contributed by atoms with Gasteiger partial charge in [-0.15, -0.1) is 0 Å². The van der Waals surface area contributed by atoms with Gasteiger partial charge < -0.3 is 119 Å². The molecule has 0 amide bonds. The number of benzene rings is 1. The first-order valence-electron chi connectivity index (χ1n) is 31.2. The summed E-state index contributed by atoms with van der Waals surface area (Å²) >= 11 is 0. The first-order valence-corrected chi connectivity index (χ1v) is 31.2. The molecular formula is C63H92O27. The largest absolute Gasteiger partial charge is 0.497 e. The van der Waals surface area contributed by atoms with Crippen molar-refractivity contribution in [2.24, 2.45) is 50.2 Å². The summed E-state index contributed by atoms with van der Waals surface area (Å²) in [7, 11) is 1.50. The van der Waals surface area contributed by atoms with E-state index in [4.69, 9.17) is 47.4 Å². The normalized spacial score (nSPS) is 49.1. The topological polar surface area (TPSA) is 427 Å². The highest BCUT2D eigenvalue weighted by Crippen LogP contribution is 2.76. The molecule has 1 aromatic rings. The number of hydrogen-bond acceptors (Lipinski definition) is 26. The molecule has 0 bridgehead atoms.